The number of aryl methyl sites for hydroxylation is 2. The van der Waals surface area contributed by atoms with Crippen molar-refractivity contribution in [2.45, 2.75) is 59.4 Å². The third-order valence-electron chi connectivity index (χ3n) is 4.63. The van der Waals surface area contributed by atoms with Crippen LogP contribution < -0.4 is 4.90 Å². The Morgan fingerprint density at radius 1 is 1.08 bits per heavy atom. The largest absolute Gasteiger partial charge is 0.355 e. The van der Waals surface area contributed by atoms with E-state index in [1.165, 1.54) is 0 Å². The van der Waals surface area contributed by atoms with Crippen molar-refractivity contribution >= 4 is 5.82 Å². The fraction of sp³-hybridized carbons (Fsp3) is 0.684. The smallest absolute Gasteiger partial charge is 0.232 e. The van der Waals surface area contributed by atoms with E-state index in [1.807, 2.05) is 6.92 Å². The van der Waals surface area contributed by atoms with Crippen LogP contribution in [-0.2, 0) is 18.4 Å². The predicted molar refractivity (Wildman–Crippen MR) is 101 cm³/mol. The van der Waals surface area contributed by atoms with Gasteiger partial charge >= 0.3 is 0 Å². The van der Waals surface area contributed by atoms with E-state index in [1.54, 1.807) is 0 Å². The fourth-order valence-electron chi connectivity index (χ4n) is 3.14. The van der Waals surface area contributed by atoms with Crippen LogP contribution in [0.2, 0.25) is 0 Å². The maximum atomic E-state index is 5.42. The third-order valence-corrected chi connectivity index (χ3v) is 4.63. The Hall–Kier alpha value is -2.02. The van der Waals surface area contributed by atoms with Crippen LogP contribution >= 0.6 is 0 Å². The minimum absolute atomic E-state index is 0.108. The molecule has 7 nitrogen and oxygen atoms in total. The summed E-state index contributed by atoms with van der Waals surface area (Å²) in [7, 11) is 0. The molecule has 0 bridgehead atoms. The molecule has 0 aliphatic carbocycles. The Morgan fingerprint density at radius 3 is 2.58 bits per heavy atom. The fourth-order valence-corrected chi connectivity index (χ4v) is 3.14. The molecule has 1 fully saturated rings. The van der Waals surface area contributed by atoms with Crippen molar-refractivity contribution < 1.29 is 4.52 Å². The van der Waals surface area contributed by atoms with Crippen LogP contribution in [0.25, 0.3) is 0 Å². The molecule has 0 spiro atoms. The SMILES string of the molecule is CCc1cc(N2CCCN(Cc3noc(C(C)(C)C)n3)CC2)nc(C)n1. The Balaban J connectivity index is 1.63. The normalized spacial score (nSPS) is 16.7. The molecule has 1 aliphatic rings. The van der Waals surface area contributed by atoms with Crippen molar-refractivity contribution in [1.82, 2.24) is 25.0 Å². The molecule has 2 aromatic rings. The van der Waals surface area contributed by atoms with Crippen LogP contribution in [-0.4, -0.2) is 51.2 Å². The van der Waals surface area contributed by atoms with Gasteiger partial charge < -0.3 is 9.42 Å². The van der Waals surface area contributed by atoms with E-state index in [4.69, 9.17) is 4.52 Å². The first-order valence-electron chi connectivity index (χ1n) is 9.50. The number of nitrogens with zero attached hydrogens (tertiary/aromatic N) is 6. The van der Waals surface area contributed by atoms with Gasteiger partial charge in [-0.15, -0.1) is 0 Å². The molecule has 3 heterocycles. The maximum absolute atomic E-state index is 5.42. The molecule has 0 radical (unpaired) electrons. The maximum Gasteiger partial charge on any atom is 0.232 e. The van der Waals surface area contributed by atoms with Crippen LogP contribution in [0.1, 0.15) is 57.3 Å². The predicted octanol–water partition coefficient (Wildman–Crippen LogP) is 2.74. The minimum Gasteiger partial charge on any atom is -0.355 e. The van der Waals surface area contributed by atoms with E-state index >= 15 is 0 Å². The van der Waals surface area contributed by atoms with Crippen LogP contribution in [0, 0.1) is 6.92 Å². The van der Waals surface area contributed by atoms with Crippen molar-refractivity contribution in [1.29, 1.82) is 0 Å². The molecular weight excluding hydrogens is 328 g/mol. The second kappa shape index (κ2) is 7.70. The highest BCUT2D eigenvalue weighted by molar-refractivity contribution is 5.40. The van der Waals surface area contributed by atoms with Gasteiger partial charge in [0.05, 0.1) is 6.54 Å². The lowest BCUT2D eigenvalue weighted by atomic mass is 9.97. The summed E-state index contributed by atoms with van der Waals surface area (Å²) < 4.78 is 5.42. The van der Waals surface area contributed by atoms with E-state index in [0.29, 0.717) is 5.89 Å². The molecule has 0 saturated carbocycles. The standard InChI is InChI=1S/C19H30N6O/c1-6-15-12-17(21-14(2)20-15)25-9-7-8-24(10-11-25)13-16-22-18(26-23-16)19(3,4)5/h12H,6-11,13H2,1-5H3. The zero-order chi connectivity index (χ0) is 18.7. The molecule has 3 rings (SSSR count). The molecule has 0 atom stereocenters. The first kappa shape index (κ1) is 18.8. The van der Waals surface area contributed by atoms with Gasteiger partial charge in [0.1, 0.15) is 11.6 Å². The quantitative estimate of drug-likeness (QED) is 0.832. The van der Waals surface area contributed by atoms with Gasteiger partial charge in [-0.1, -0.05) is 32.9 Å². The molecule has 142 valence electrons. The van der Waals surface area contributed by atoms with Gasteiger partial charge in [-0.05, 0) is 19.8 Å². The molecule has 1 aliphatic heterocycles. The third kappa shape index (κ3) is 4.58. The van der Waals surface area contributed by atoms with E-state index in [0.717, 1.165) is 68.7 Å². The highest BCUT2D eigenvalue weighted by Gasteiger charge is 2.23. The summed E-state index contributed by atoms with van der Waals surface area (Å²) in [5, 5.41) is 4.16. The summed E-state index contributed by atoms with van der Waals surface area (Å²) in [6.45, 7) is 15.0. The average Bonchev–Trinajstić information content (AvgIpc) is 2.93. The van der Waals surface area contributed by atoms with Gasteiger partial charge in [0, 0.05) is 43.4 Å². The number of rotatable bonds is 4. The van der Waals surface area contributed by atoms with Crippen molar-refractivity contribution in [3.05, 3.63) is 29.3 Å². The van der Waals surface area contributed by atoms with Gasteiger partial charge in [0.2, 0.25) is 5.89 Å². The monoisotopic (exact) mass is 358 g/mol. The van der Waals surface area contributed by atoms with E-state index in [9.17, 15) is 0 Å². The molecule has 2 aromatic heterocycles. The Bertz CT molecular complexity index is 736. The average molecular weight is 358 g/mol. The summed E-state index contributed by atoms with van der Waals surface area (Å²) >= 11 is 0. The summed E-state index contributed by atoms with van der Waals surface area (Å²) in [5.74, 6) is 3.37. The highest BCUT2D eigenvalue weighted by atomic mass is 16.5. The zero-order valence-corrected chi connectivity index (χ0v) is 16.6. The number of aromatic nitrogens is 4. The van der Waals surface area contributed by atoms with Crippen LogP contribution in [0.15, 0.2) is 10.6 Å². The Labute approximate surface area is 155 Å². The first-order chi connectivity index (χ1) is 12.3. The minimum atomic E-state index is -0.108. The molecule has 26 heavy (non-hydrogen) atoms. The van der Waals surface area contributed by atoms with Crippen LogP contribution in [0.3, 0.4) is 0 Å². The van der Waals surface area contributed by atoms with E-state index in [2.05, 4.69) is 63.7 Å². The number of hydrogen-bond acceptors (Lipinski definition) is 7. The Morgan fingerprint density at radius 2 is 1.88 bits per heavy atom. The lowest BCUT2D eigenvalue weighted by Gasteiger charge is -2.22. The number of anilines is 1. The van der Waals surface area contributed by atoms with Gasteiger partial charge in [0.25, 0.3) is 0 Å². The van der Waals surface area contributed by atoms with Gasteiger partial charge in [-0.2, -0.15) is 4.98 Å². The van der Waals surface area contributed by atoms with E-state index in [-0.39, 0.29) is 5.41 Å². The van der Waals surface area contributed by atoms with E-state index < -0.39 is 0 Å². The topological polar surface area (TPSA) is 71.2 Å². The van der Waals surface area contributed by atoms with Crippen LogP contribution in [0.4, 0.5) is 5.82 Å². The second-order valence-corrected chi connectivity index (χ2v) is 8.00. The molecule has 0 N–H and O–H groups in total. The molecule has 1 saturated heterocycles. The number of hydrogen-bond donors (Lipinski definition) is 0. The lowest BCUT2D eigenvalue weighted by Crippen LogP contribution is -2.31. The second-order valence-electron chi connectivity index (χ2n) is 8.00. The summed E-state index contributed by atoms with van der Waals surface area (Å²) in [6.07, 6.45) is 2.03. The molecule has 0 unspecified atom stereocenters. The first-order valence-corrected chi connectivity index (χ1v) is 9.50. The zero-order valence-electron chi connectivity index (χ0n) is 16.6. The van der Waals surface area contributed by atoms with Crippen molar-refractivity contribution in [3.8, 4) is 0 Å². The molecule has 0 aromatic carbocycles. The summed E-state index contributed by atoms with van der Waals surface area (Å²) in [5.41, 5.74) is 0.998. The molecule has 7 heteroatoms. The molecular formula is C19H30N6O. The van der Waals surface area contributed by atoms with Gasteiger partial charge in [-0.3, -0.25) is 4.90 Å². The van der Waals surface area contributed by atoms with Gasteiger partial charge in [-0.25, -0.2) is 9.97 Å². The Kier molecular flexibility index (Phi) is 5.55. The highest BCUT2D eigenvalue weighted by Crippen LogP contribution is 2.21. The lowest BCUT2D eigenvalue weighted by molar-refractivity contribution is 0.269. The van der Waals surface area contributed by atoms with Crippen molar-refractivity contribution in [2.24, 2.45) is 0 Å². The van der Waals surface area contributed by atoms with Crippen molar-refractivity contribution in [2.75, 3.05) is 31.1 Å². The molecule has 0 amide bonds. The summed E-state index contributed by atoms with van der Waals surface area (Å²) in [4.78, 5) is 18.5. The summed E-state index contributed by atoms with van der Waals surface area (Å²) in [6, 6.07) is 2.12. The van der Waals surface area contributed by atoms with Crippen molar-refractivity contribution in [3.63, 3.8) is 0 Å². The van der Waals surface area contributed by atoms with Gasteiger partial charge in [0.15, 0.2) is 5.82 Å². The van der Waals surface area contributed by atoms with Crippen LogP contribution in [0.5, 0.6) is 0 Å².